The van der Waals surface area contributed by atoms with E-state index in [-0.39, 0.29) is 12.0 Å². The molecule has 5 heterocycles. The number of ether oxygens (including phenoxy) is 1. The van der Waals surface area contributed by atoms with Crippen molar-refractivity contribution in [2.45, 2.75) is 39.7 Å². The monoisotopic (exact) mass is 562 g/mol. The zero-order valence-electron chi connectivity index (χ0n) is 23.8. The lowest BCUT2D eigenvalue weighted by atomic mass is 10.1. The molecule has 4 aromatic heterocycles. The molecule has 0 aromatic carbocycles. The van der Waals surface area contributed by atoms with E-state index in [4.69, 9.17) is 9.72 Å². The van der Waals surface area contributed by atoms with Gasteiger partial charge in [0.1, 0.15) is 5.60 Å². The van der Waals surface area contributed by atoms with Gasteiger partial charge in [-0.3, -0.25) is 13.9 Å². The summed E-state index contributed by atoms with van der Waals surface area (Å²) in [6, 6.07) is 1.95. The van der Waals surface area contributed by atoms with E-state index in [2.05, 4.69) is 21.5 Å². The third-order valence-corrected chi connectivity index (χ3v) is 7.52. The first-order valence-electron chi connectivity index (χ1n) is 13.0. The Labute approximate surface area is 237 Å². The Morgan fingerprint density at radius 1 is 1.18 bits per heavy atom. The van der Waals surface area contributed by atoms with Crippen molar-refractivity contribution < 1.29 is 14.3 Å². The lowest BCUT2D eigenvalue weighted by molar-refractivity contribution is 0.0273. The molecule has 5 rings (SSSR count). The second-order valence-electron chi connectivity index (χ2n) is 11.1. The van der Waals surface area contributed by atoms with Crippen LogP contribution in [0.25, 0.3) is 22.5 Å². The zero-order chi connectivity index (χ0) is 28.8. The molecular weight excluding hydrogens is 528 g/mol. The summed E-state index contributed by atoms with van der Waals surface area (Å²) in [5.41, 5.74) is 4.35. The molecule has 40 heavy (non-hydrogen) atoms. The Morgan fingerprint density at radius 3 is 2.62 bits per heavy atom. The topological polar surface area (TPSA) is 110 Å². The fourth-order valence-electron chi connectivity index (χ4n) is 4.48. The fraction of sp³-hybridized carbons (Fsp3) is 0.393. The number of fused-ring (bicyclic) bond motifs is 1. The standard InChI is InChI=1S/C28H34N8O3S/c1-17-11-22(40-23(17)26(37)33(5)6)32-24-25-29-13-21(19-12-30-34(7)14-19)36(25)16-20(31-24)18-9-8-10-35(15-18)27(38)39-28(2,3)4/h9,11-14,16H,8,10,15H2,1-7H3,(H,31,32). The van der Waals surface area contributed by atoms with Crippen molar-refractivity contribution in [1.29, 1.82) is 0 Å². The number of amides is 2. The number of imidazole rings is 1. The summed E-state index contributed by atoms with van der Waals surface area (Å²) in [6.45, 7) is 8.47. The molecule has 0 spiro atoms. The Morgan fingerprint density at radius 2 is 1.95 bits per heavy atom. The maximum absolute atomic E-state index is 12.8. The van der Waals surface area contributed by atoms with Gasteiger partial charge in [-0.1, -0.05) is 6.08 Å². The van der Waals surface area contributed by atoms with Gasteiger partial charge in [-0.2, -0.15) is 5.10 Å². The summed E-state index contributed by atoms with van der Waals surface area (Å²) in [5, 5.41) is 8.53. The van der Waals surface area contributed by atoms with Crippen LogP contribution in [0.3, 0.4) is 0 Å². The molecule has 0 aliphatic carbocycles. The number of carbonyl (C=O) groups is 2. The normalized spacial score (nSPS) is 13.9. The van der Waals surface area contributed by atoms with Gasteiger partial charge in [0.2, 0.25) is 0 Å². The molecule has 0 atom stereocenters. The molecular formula is C28H34N8O3S. The van der Waals surface area contributed by atoms with Gasteiger partial charge >= 0.3 is 6.09 Å². The molecule has 0 radical (unpaired) electrons. The summed E-state index contributed by atoms with van der Waals surface area (Å²) < 4.78 is 9.36. The molecule has 210 valence electrons. The van der Waals surface area contributed by atoms with Crippen LogP contribution >= 0.6 is 11.3 Å². The highest BCUT2D eigenvalue weighted by Crippen LogP contribution is 2.33. The molecule has 1 N–H and O–H groups in total. The average Bonchev–Trinajstić information content (AvgIpc) is 3.60. The molecule has 1 aliphatic rings. The molecule has 0 saturated heterocycles. The minimum atomic E-state index is -0.576. The molecule has 1 aliphatic heterocycles. The van der Waals surface area contributed by atoms with Gasteiger partial charge in [0.15, 0.2) is 11.5 Å². The Balaban J connectivity index is 1.56. The van der Waals surface area contributed by atoms with Crippen molar-refractivity contribution >= 4 is 45.4 Å². The summed E-state index contributed by atoms with van der Waals surface area (Å²) >= 11 is 1.38. The highest BCUT2D eigenvalue weighted by Gasteiger charge is 2.26. The van der Waals surface area contributed by atoms with Crippen LogP contribution in [-0.4, -0.2) is 78.7 Å². The molecule has 0 unspecified atom stereocenters. The SMILES string of the molecule is Cc1cc(Nc2nc(C3=CCCN(C(=O)OC(C)(C)C)C3)cn3c(-c4cnn(C)c4)cnc23)sc1C(=O)N(C)C. The van der Waals surface area contributed by atoms with Gasteiger partial charge in [0, 0.05) is 45.6 Å². The smallest absolute Gasteiger partial charge is 0.410 e. The quantitative estimate of drug-likeness (QED) is 0.366. The van der Waals surface area contributed by atoms with Gasteiger partial charge in [-0.25, -0.2) is 14.8 Å². The van der Waals surface area contributed by atoms with E-state index in [0.29, 0.717) is 41.5 Å². The van der Waals surface area contributed by atoms with Crippen LogP contribution in [0.2, 0.25) is 0 Å². The van der Waals surface area contributed by atoms with Crippen molar-refractivity contribution in [3.8, 4) is 11.3 Å². The maximum Gasteiger partial charge on any atom is 0.410 e. The Kier molecular flexibility index (Phi) is 7.13. The summed E-state index contributed by atoms with van der Waals surface area (Å²) in [7, 11) is 5.36. The van der Waals surface area contributed by atoms with Crippen molar-refractivity contribution in [1.82, 2.24) is 33.9 Å². The van der Waals surface area contributed by atoms with Crippen LogP contribution < -0.4 is 5.32 Å². The Bertz CT molecular complexity index is 1620. The minimum Gasteiger partial charge on any atom is -0.444 e. The highest BCUT2D eigenvalue weighted by molar-refractivity contribution is 7.18. The van der Waals surface area contributed by atoms with Crippen LogP contribution in [0.4, 0.5) is 15.6 Å². The molecule has 12 heteroatoms. The number of thiophene rings is 1. The van der Waals surface area contributed by atoms with Crippen LogP contribution in [0.15, 0.2) is 36.9 Å². The van der Waals surface area contributed by atoms with E-state index in [1.807, 2.05) is 57.6 Å². The van der Waals surface area contributed by atoms with E-state index in [1.54, 1.807) is 41.0 Å². The van der Waals surface area contributed by atoms with Crippen LogP contribution in [0.5, 0.6) is 0 Å². The molecule has 0 fully saturated rings. The third kappa shape index (κ3) is 5.57. The highest BCUT2D eigenvalue weighted by atomic mass is 32.1. The van der Waals surface area contributed by atoms with Gasteiger partial charge in [-0.05, 0) is 51.3 Å². The summed E-state index contributed by atoms with van der Waals surface area (Å²) in [4.78, 5) is 39.1. The molecule has 2 amide bonds. The largest absolute Gasteiger partial charge is 0.444 e. The summed E-state index contributed by atoms with van der Waals surface area (Å²) in [6.07, 6.45) is 9.93. The number of aryl methyl sites for hydroxylation is 2. The second-order valence-corrected chi connectivity index (χ2v) is 12.1. The molecule has 0 bridgehead atoms. The number of carbonyl (C=O) groups excluding carboxylic acids is 2. The first kappa shape index (κ1) is 27.4. The van der Waals surface area contributed by atoms with E-state index in [1.165, 1.54) is 11.3 Å². The van der Waals surface area contributed by atoms with Crippen molar-refractivity contribution in [2.24, 2.45) is 7.05 Å². The van der Waals surface area contributed by atoms with E-state index >= 15 is 0 Å². The van der Waals surface area contributed by atoms with Gasteiger partial charge in [-0.15, -0.1) is 11.3 Å². The van der Waals surface area contributed by atoms with E-state index in [9.17, 15) is 9.59 Å². The van der Waals surface area contributed by atoms with Crippen molar-refractivity contribution in [2.75, 3.05) is 32.5 Å². The molecule has 0 saturated carbocycles. The van der Waals surface area contributed by atoms with Crippen molar-refractivity contribution in [3.05, 3.63) is 53.1 Å². The lowest BCUT2D eigenvalue weighted by Crippen LogP contribution is -2.39. The number of anilines is 2. The van der Waals surface area contributed by atoms with E-state index in [0.717, 1.165) is 27.4 Å². The number of nitrogens with one attached hydrogen (secondary N) is 1. The van der Waals surface area contributed by atoms with Gasteiger partial charge in [0.05, 0.1) is 40.2 Å². The second kappa shape index (κ2) is 10.4. The number of nitrogens with zero attached hydrogens (tertiary/aromatic N) is 7. The molecule has 4 aromatic rings. The Hall–Kier alpha value is -4.19. The summed E-state index contributed by atoms with van der Waals surface area (Å²) in [5.74, 6) is 0.504. The number of aromatic nitrogens is 5. The number of hydrogen-bond acceptors (Lipinski definition) is 8. The van der Waals surface area contributed by atoms with E-state index < -0.39 is 5.60 Å². The zero-order valence-corrected chi connectivity index (χ0v) is 24.7. The van der Waals surface area contributed by atoms with Crippen LogP contribution in [0, 0.1) is 6.92 Å². The third-order valence-electron chi connectivity index (χ3n) is 6.38. The first-order valence-corrected chi connectivity index (χ1v) is 13.8. The number of rotatable bonds is 5. The first-order chi connectivity index (χ1) is 18.9. The van der Waals surface area contributed by atoms with Gasteiger partial charge < -0.3 is 19.9 Å². The van der Waals surface area contributed by atoms with Crippen LogP contribution in [0.1, 0.15) is 48.1 Å². The predicted octanol–water partition coefficient (Wildman–Crippen LogP) is 4.97. The maximum atomic E-state index is 12.8. The average molecular weight is 563 g/mol. The molecule has 11 nitrogen and oxygen atoms in total. The number of hydrogen-bond donors (Lipinski definition) is 1. The minimum absolute atomic E-state index is 0.0447. The van der Waals surface area contributed by atoms with Gasteiger partial charge in [0.25, 0.3) is 5.91 Å². The van der Waals surface area contributed by atoms with Crippen molar-refractivity contribution in [3.63, 3.8) is 0 Å². The fourth-order valence-corrected chi connectivity index (χ4v) is 5.57. The van der Waals surface area contributed by atoms with Crippen LogP contribution in [-0.2, 0) is 11.8 Å². The lowest BCUT2D eigenvalue weighted by Gasteiger charge is -2.30. The predicted molar refractivity (Wildman–Crippen MR) is 156 cm³/mol.